The molecule has 224 valence electrons. The van der Waals surface area contributed by atoms with Crippen LogP contribution in [0.3, 0.4) is 0 Å². The van der Waals surface area contributed by atoms with Gasteiger partial charge in [0.05, 0.1) is 13.7 Å². The standard InChI is InChI=1S/C32H44FN3O5/c1-32(2,3)41-31(38)36-20-27(18-29(36)30(37)39-6)40-26-16-23(33)15-25(17-26)35(5)24-13-11-21(12-14-24)28-10-8-7-9-22(28)19-34-4/h7-10,15-17,21,24,27,29,34H,11-14,18-20H2,1-6H3/t21-,24-,27-,29-/m0/s1. The number of hydrogen-bond donors (Lipinski definition) is 1. The van der Waals surface area contributed by atoms with Crippen molar-refractivity contribution in [2.24, 2.45) is 0 Å². The van der Waals surface area contributed by atoms with Gasteiger partial charge >= 0.3 is 12.1 Å². The molecule has 4 rings (SSSR count). The van der Waals surface area contributed by atoms with Gasteiger partial charge in [-0.15, -0.1) is 0 Å². The second-order valence-corrected chi connectivity index (χ2v) is 12.1. The molecular formula is C32H44FN3O5. The number of likely N-dealkylation sites (tertiary alicyclic amines) is 1. The number of halogens is 1. The molecule has 0 spiro atoms. The van der Waals surface area contributed by atoms with Crippen LogP contribution in [0.15, 0.2) is 42.5 Å². The Morgan fingerprint density at radius 3 is 2.46 bits per heavy atom. The molecular weight excluding hydrogens is 525 g/mol. The Hall–Kier alpha value is -3.33. The van der Waals surface area contributed by atoms with Crippen molar-refractivity contribution in [3.05, 3.63) is 59.4 Å². The van der Waals surface area contributed by atoms with E-state index in [1.165, 1.54) is 35.3 Å². The number of nitrogens with one attached hydrogen (secondary N) is 1. The molecule has 8 nitrogen and oxygen atoms in total. The molecule has 1 heterocycles. The van der Waals surface area contributed by atoms with Crippen molar-refractivity contribution in [1.29, 1.82) is 0 Å². The Kier molecular flexibility index (Phi) is 9.79. The first-order valence-electron chi connectivity index (χ1n) is 14.5. The SMILES string of the molecule is CNCc1ccccc1[C@H]1CC[C@H](N(C)c2cc(F)cc(O[C@H]3C[C@@H](C(=O)OC)N(C(=O)OC(C)(C)C)C3)c2)CC1. The van der Waals surface area contributed by atoms with Crippen molar-refractivity contribution in [3.63, 3.8) is 0 Å². The van der Waals surface area contributed by atoms with Crippen molar-refractivity contribution in [2.75, 3.05) is 32.6 Å². The summed E-state index contributed by atoms with van der Waals surface area (Å²) in [5, 5.41) is 3.27. The van der Waals surface area contributed by atoms with E-state index in [0.29, 0.717) is 11.7 Å². The van der Waals surface area contributed by atoms with Crippen LogP contribution in [0.4, 0.5) is 14.9 Å². The molecule has 1 saturated carbocycles. The maximum absolute atomic E-state index is 14.8. The number of carbonyl (C=O) groups is 2. The van der Waals surface area contributed by atoms with Gasteiger partial charge in [0.2, 0.25) is 0 Å². The molecule has 9 heteroatoms. The number of amides is 1. The van der Waals surface area contributed by atoms with E-state index in [9.17, 15) is 14.0 Å². The number of carbonyl (C=O) groups excluding carboxylic acids is 2. The number of esters is 1. The monoisotopic (exact) mass is 569 g/mol. The zero-order valence-corrected chi connectivity index (χ0v) is 25.1. The third-order valence-electron chi connectivity index (χ3n) is 8.04. The fraction of sp³-hybridized carbons (Fsp3) is 0.562. The molecule has 0 bridgehead atoms. The normalized spacial score (nSPS) is 22.8. The molecule has 1 saturated heterocycles. The summed E-state index contributed by atoms with van der Waals surface area (Å²) in [5.74, 6) is -0.0498. The predicted octanol–water partition coefficient (Wildman–Crippen LogP) is 5.64. The third kappa shape index (κ3) is 7.70. The van der Waals surface area contributed by atoms with Gasteiger partial charge in [-0.2, -0.15) is 0 Å². The molecule has 2 aliphatic rings. The smallest absolute Gasteiger partial charge is 0.411 e. The fourth-order valence-electron chi connectivity index (χ4n) is 6.05. The van der Waals surface area contributed by atoms with Crippen molar-refractivity contribution in [1.82, 2.24) is 10.2 Å². The van der Waals surface area contributed by atoms with E-state index in [1.807, 2.05) is 20.2 Å². The Labute approximate surface area is 243 Å². The topological polar surface area (TPSA) is 80.3 Å². The van der Waals surface area contributed by atoms with Crippen LogP contribution in [0.25, 0.3) is 0 Å². The van der Waals surface area contributed by atoms with Crippen LogP contribution in [-0.4, -0.2) is 68.5 Å². The van der Waals surface area contributed by atoms with Crippen LogP contribution >= 0.6 is 0 Å². The summed E-state index contributed by atoms with van der Waals surface area (Å²) in [7, 11) is 5.26. The third-order valence-corrected chi connectivity index (χ3v) is 8.04. The minimum Gasteiger partial charge on any atom is -0.488 e. The number of hydrogen-bond acceptors (Lipinski definition) is 7. The average Bonchev–Trinajstić information content (AvgIpc) is 3.35. The number of ether oxygens (including phenoxy) is 3. The zero-order chi connectivity index (χ0) is 29.7. The van der Waals surface area contributed by atoms with Crippen LogP contribution in [0.5, 0.6) is 5.75 Å². The summed E-state index contributed by atoms with van der Waals surface area (Å²) in [4.78, 5) is 28.7. The molecule has 0 radical (unpaired) electrons. The maximum atomic E-state index is 14.8. The second kappa shape index (κ2) is 13.1. The first kappa shape index (κ1) is 30.6. The highest BCUT2D eigenvalue weighted by Gasteiger charge is 2.43. The van der Waals surface area contributed by atoms with Crippen LogP contribution in [0.2, 0.25) is 0 Å². The summed E-state index contributed by atoms with van der Waals surface area (Å²) in [6.07, 6.45) is 3.28. The van der Waals surface area contributed by atoms with E-state index < -0.39 is 35.6 Å². The molecule has 1 amide bonds. The van der Waals surface area contributed by atoms with Crippen molar-refractivity contribution in [3.8, 4) is 5.75 Å². The van der Waals surface area contributed by atoms with Gasteiger partial charge in [0.15, 0.2) is 0 Å². The van der Waals surface area contributed by atoms with Crippen LogP contribution in [0, 0.1) is 5.82 Å². The van der Waals surface area contributed by atoms with Gasteiger partial charge in [0, 0.05) is 43.9 Å². The van der Waals surface area contributed by atoms with Gasteiger partial charge in [0.1, 0.15) is 29.3 Å². The maximum Gasteiger partial charge on any atom is 0.411 e. The summed E-state index contributed by atoms with van der Waals surface area (Å²) in [6, 6.07) is 12.8. The van der Waals surface area contributed by atoms with Crippen LogP contribution < -0.4 is 15.0 Å². The van der Waals surface area contributed by atoms with Gasteiger partial charge < -0.3 is 24.4 Å². The van der Waals surface area contributed by atoms with Crippen LogP contribution in [0.1, 0.15) is 69.9 Å². The summed E-state index contributed by atoms with van der Waals surface area (Å²) < 4.78 is 31.4. The number of anilines is 1. The van der Waals surface area contributed by atoms with E-state index in [4.69, 9.17) is 14.2 Å². The predicted molar refractivity (Wildman–Crippen MR) is 157 cm³/mol. The van der Waals surface area contributed by atoms with E-state index in [2.05, 4.69) is 34.5 Å². The quantitative estimate of drug-likeness (QED) is 0.412. The van der Waals surface area contributed by atoms with Gasteiger partial charge in [-0.05, 0) is 76.6 Å². The average molecular weight is 570 g/mol. The minimum absolute atomic E-state index is 0.134. The Morgan fingerprint density at radius 2 is 1.80 bits per heavy atom. The zero-order valence-electron chi connectivity index (χ0n) is 25.1. The molecule has 41 heavy (non-hydrogen) atoms. The number of rotatable bonds is 8. The van der Waals surface area contributed by atoms with Crippen molar-refractivity contribution >= 4 is 17.7 Å². The number of nitrogens with zero attached hydrogens (tertiary/aromatic N) is 2. The molecule has 1 aliphatic carbocycles. The lowest BCUT2D eigenvalue weighted by molar-refractivity contribution is -0.145. The van der Waals surface area contributed by atoms with E-state index in [-0.39, 0.29) is 19.0 Å². The molecule has 2 aromatic carbocycles. The highest BCUT2D eigenvalue weighted by molar-refractivity contribution is 5.82. The summed E-state index contributed by atoms with van der Waals surface area (Å²) in [6.45, 7) is 6.29. The van der Waals surface area contributed by atoms with E-state index >= 15 is 0 Å². The first-order valence-corrected chi connectivity index (χ1v) is 14.5. The Balaban J connectivity index is 1.42. The van der Waals surface area contributed by atoms with Gasteiger partial charge in [-0.1, -0.05) is 24.3 Å². The molecule has 0 aromatic heterocycles. The van der Waals surface area contributed by atoms with Gasteiger partial charge in [0.25, 0.3) is 0 Å². The number of benzene rings is 2. The first-order chi connectivity index (χ1) is 19.5. The summed E-state index contributed by atoms with van der Waals surface area (Å²) in [5.41, 5.74) is 2.80. The van der Waals surface area contributed by atoms with E-state index in [1.54, 1.807) is 20.8 Å². The van der Waals surface area contributed by atoms with Gasteiger partial charge in [-0.25, -0.2) is 14.0 Å². The Morgan fingerprint density at radius 1 is 1.10 bits per heavy atom. The molecule has 1 N–H and O–H groups in total. The van der Waals surface area contributed by atoms with E-state index in [0.717, 1.165) is 37.9 Å². The second-order valence-electron chi connectivity index (χ2n) is 12.1. The Bertz CT molecular complexity index is 1210. The molecule has 1 aliphatic heterocycles. The highest BCUT2D eigenvalue weighted by Crippen LogP contribution is 2.38. The lowest BCUT2D eigenvalue weighted by Gasteiger charge is -2.37. The molecule has 0 unspecified atom stereocenters. The molecule has 2 aromatic rings. The van der Waals surface area contributed by atoms with Crippen molar-refractivity contribution < 1.29 is 28.2 Å². The molecule has 2 fully saturated rings. The number of methoxy groups -OCH3 is 1. The largest absolute Gasteiger partial charge is 0.488 e. The van der Waals surface area contributed by atoms with Gasteiger partial charge in [-0.3, -0.25) is 4.90 Å². The minimum atomic E-state index is -0.830. The highest BCUT2D eigenvalue weighted by atomic mass is 19.1. The van der Waals surface area contributed by atoms with Crippen LogP contribution in [-0.2, 0) is 20.8 Å². The fourth-order valence-corrected chi connectivity index (χ4v) is 6.05. The molecule has 2 atom stereocenters. The summed E-state index contributed by atoms with van der Waals surface area (Å²) >= 11 is 0. The lowest BCUT2D eigenvalue weighted by atomic mass is 9.79. The van der Waals surface area contributed by atoms with Crippen molar-refractivity contribution in [2.45, 2.75) is 89.1 Å². The lowest BCUT2D eigenvalue weighted by Crippen LogP contribution is -2.44.